The molecule has 0 saturated heterocycles. The van der Waals surface area contributed by atoms with Crippen molar-refractivity contribution in [3.8, 4) is 0 Å². The number of carbonyl (C=O) groups excluding carboxylic acids is 1. The summed E-state index contributed by atoms with van der Waals surface area (Å²) in [6, 6.07) is 10.7. The molecule has 3 heteroatoms. The van der Waals surface area contributed by atoms with Crippen LogP contribution >= 0.6 is 0 Å². The number of rotatable bonds is 6. The van der Waals surface area contributed by atoms with Gasteiger partial charge < -0.3 is 0 Å². The Morgan fingerprint density at radius 2 is 1.27 bits per heavy atom. The molecule has 0 amide bonds. The molecule has 0 bridgehead atoms. The fraction of sp³-hybridized carbons (Fsp3) is 0.609. The van der Waals surface area contributed by atoms with E-state index in [1.54, 1.807) is 0 Å². The molecule has 1 nitrogen and oxygen atoms in total. The highest BCUT2D eigenvalue weighted by atomic mass is 28.3. The SMILES string of the molecule is CC(C)[Si](C1=C[C@@H](c2ccccc2)[C@@H]([Si](C)(C)C)C1=O)(C(C)C)C(C)C. The topological polar surface area (TPSA) is 17.1 Å². The maximum absolute atomic E-state index is 13.9. The monoisotopic (exact) mass is 386 g/mol. The van der Waals surface area contributed by atoms with Gasteiger partial charge in [-0.25, -0.2) is 0 Å². The van der Waals surface area contributed by atoms with Crippen molar-refractivity contribution in [2.45, 2.75) is 89.3 Å². The van der Waals surface area contributed by atoms with Gasteiger partial charge in [-0.1, -0.05) is 97.6 Å². The number of benzene rings is 1. The molecule has 26 heavy (non-hydrogen) atoms. The van der Waals surface area contributed by atoms with Gasteiger partial charge in [0.25, 0.3) is 0 Å². The summed E-state index contributed by atoms with van der Waals surface area (Å²) in [7, 11) is -3.56. The highest BCUT2D eigenvalue weighted by molar-refractivity contribution is 6.95. The first-order valence-electron chi connectivity index (χ1n) is 10.3. The minimum absolute atomic E-state index is 0.183. The molecule has 0 aliphatic heterocycles. The highest BCUT2D eigenvalue weighted by Gasteiger charge is 2.54. The number of allylic oxidation sites excluding steroid dienone is 2. The van der Waals surface area contributed by atoms with Crippen molar-refractivity contribution < 1.29 is 4.79 Å². The zero-order chi connectivity index (χ0) is 19.9. The van der Waals surface area contributed by atoms with E-state index in [2.05, 4.69) is 97.6 Å². The van der Waals surface area contributed by atoms with Gasteiger partial charge in [-0.2, -0.15) is 0 Å². The van der Waals surface area contributed by atoms with Gasteiger partial charge in [0.1, 0.15) is 0 Å². The Morgan fingerprint density at radius 3 is 1.65 bits per heavy atom. The maximum atomic E-state index is 13.9. The predicted octanol–water partition coefficient (Wildman–Crippen LogP) is 7.21. The number of ketones is 1. The lowest BCUT2D eigenvalue weighted by Gasteiger charge is -2.44. The molecule has 1 aromatic carbocycles. The molecule has 0 fully saturated rings. The van der Waals surface area contributed by atoms with E-state index in [0.717, 1.165) is 0 Å². The first-order valence-corrected chi connectivity index (χ1v) is 16.1. The van der Waals surface area contributed by atoms with Gasteiger partial charge in [0, 0.05) is 11.5 Å². The van der Waals surface area contributed by atoms with Crippen molar-refractivity contribution in [1.29, 1.82) is 0 Å². The Labute approximate surface area is 163 Å². The molecule has 1 aliphatic rings. The van der Waals surface area contributed by atoms with E-state index in [-0.39, 0.29) is 11.5 Å². The van der Waals surface area contributed by atoms with Crippen LogP contribution in [0.15, 0.2) is 41.6 Å². The molecule has 0 heterocycles. The van der Waals surface area contributed by atoms with E-state index < -0.39 is 16.1 Å². The Hall–Kier alpha value is -0.936. The minimum Gasteiger partial charge on any atom is -0.295 e. The van der Waals surface area contributed by atoms with E-state index >= 15 is 0 Å². The number of Topliss-reactive ketones (excluding diaryl/α,β-unsaturated/α-hetero) is 1. The first kappa shape index (κ1) is 21.4. The smallest absolute Gasteiger partial charge is 0.156 e. The van der Waals surface area contributed by atoms with Crippen LogP contribution < -0.4 is 0 Å². The molecule has 0 saturated carbocycles. The van der Waals surface area contributed by atoms with Gasteiger partial charge in [0.15, 0.2) is 5.78 Å². The average molecular weight is 387 g/mol. The fourth-order valence-electron chi connectivity index (χ4n) is 5.88. The standard InChI is InChI=1S/C23H38OSi2/c1-16(2)26(17(3)4,18(5)6)21-15-20(19-13-11-10-12-14-19)23(22(21)24)25(7,8)9/h10-18,20,23H,1-9H3/t20-,23+/m0/s1. The lowest BCUT2D eigenvalue weighted by molar-refractivity contribution is -0.114. The van der Waals surface area contributed by atoms with Crippen LogP contribution in [0.4, 0.5) is 0 Å². The van der Waals surface area contributed by atoms with Crippen molar-refractivity contribution in [1.82, 2.24) is 0 Å². The second-order valence-electron chi connectivity index (χ2n) is 10.1. The molecule has 0 N–H and O–H groups in total. The number of hydrogen-bond donors (Lipinski definition) is 0. The van der Waals surface area contributed by atoms with Gasteiger partial charge in [0.05, 0.1) is 16.1 Å². The third kappa shape index (κ3) is 3.45. The lowest BCUT2D eigenvalue weighted by Crippen LogP contribution is -2.49. The molecule has 0 unspecified atom stereocenters. The molecule has 0 radical (unpaired) electrons. The molecule has 1 aromatic rings. The summed E-state index contributed by atoms with van der Waals surface area (Å²) >= 11 is 0. The molecule has 2 rings (SSSR count). The zero-order valence-electron chi connectivity index (χ0n) is 18.3. The summed E-state index contributed by atoms with van der Waals surface area (Å²) in [6.45, 7) is 21.3. The van der Waals surface area contributed by atoms with Gasteiger partial charge >= 0.3 is 0 Å². The fourth-order valence-corrected chi connectivity index (χ4v) is 15.2. The number of carbonyl (C=O) groups is 1. The van der Waals surface area contributed by atoms with Crippen LogP contribution in [0.1, 0.15) is 53.0 Å². The Morgan fingerprint density at radius 1 is 0.808 bits per heavy atom. The summed E-state index contributed by atoms with van der Waals surface area (Å²) in [5.74, 6) is 0.772. The van der Waals surface area contributed by atoms with Crippen LogP contribution in [0, 0.1) is 0 Å². The predicted molar refractivity (Wildman–Crippen MR) is 120 cm³/mol. The van der Waals surface area contributed by atoms with Crippen LogP contribution in [0.3, 0.4) is 0 Å². The maximum Gasteiger partial charge on any atom is 0.156 e. The van der Waals surface area contributed by atoms with E-state index in [9.17, 15) is 4.79 Å². The van der Waals surface area contributed by atoms with Crippen LogP contribution in [-0.4, -0.2) is 21.9 Å². The molecular weight excluding hydrogens is 348 g/mol. The van der Waals surface area contributed by atoms with E-state index in [1.165, 1.54) is 10.8 Å². The Balaban J connectivity index is 2.70. The summed E-state index contributed by atoms with van der Waals surface area (Å²) < 4.78 is 0. The van der Waals surface area contributed by atoms with Crippen molar-refractivity contribution in [2.24, 2.45) is 0 Å². The Kier molecular flexibility index (Phi) is 6.24. The average Bonchev–Trinajstić information content (AvgIpc) is 2.86. The van der Waals surface area contributed by atoms with Gasteiger partial charge in [-0.05, 0) is 27.4 Å². The van der Waals surface area contributed by atoms with E-state index in [0.29, 0.717) is 22.4 Å². The summed E-state index contributed by atoms with van der Waals surface area (Å²) in [5, 5.41) is 1.26. The molecule has 144 valence electrons. The second kappa shape index (κ2) is 7.59. The van der Waals surface area contributed by atoms with Crippen LogP contribution in [0.25, 0.3) is 0 Å². The van der Waals surface area contributed by atoms with E-state index in [1.807, 2.05) is 0 Å². The molecule has 0 aromatic heterocycles. The lowest BCUT2D eigenvalue weighted by atomic mass is 9.98. The minimum atomic E-state index is -1.92. The zero-order valence-corrected chi connectivity index (χ0v) is 20.3. The largest absolute Gasteiger partial charge is 0.295 e. The third-order valence-electron chi connectivity index (χ3n) is 6.70. The van der Waals surface area contributed by atoms with Gasteiger partial charge in [0.2, 0.25) is 0 Å². The molecular formula is C23H38OSi2. The summed E-state index contributed by atoms with van der Waals surface area (Å²) in [4.78, 5) is 13.9. The quantitative estimate of drug-likeness (QED) is 0.472. The molecule has 2 atom stereocenters. The van der Waals surface area contributed by atoms with Crippen molar-refractivity contribution >= 4 is 21.9 Å². The van der Waals surface area contributed by atoms with Crippen molar-refractivity contribution in [3.63, 3.8) is 0 Å². The van der Waals surface area contributed by atoms with Gasteiger partial charge in [-0.15, -0.1) is 0 Å². The van der Waals surface area contributed by atoms with Crippen LogP contribution in [0.2, 0.25) is 41.8 Å². The van der Waals surface area contributed by atoms with E-state index in [4.69, 9.17) is 0 Å². The summed E-state index contributed by atoms with van der Waals surface area (Å²) in [5.41, 5.74) is 3.24. The second-order valence-corrected chi connectivity index (χ2v) is 21.3. The number of hydrogen-bond acceptors (Lipinski definition) is 1. The van der Waals surface area contributed by atoms with Crippen molar-refractivity contribution in [3.05, 3.63) is 47.2 Å². The molecule has 1 aliphatic carbocycles. The Bertz CT molecular complexity index is 643. The summed E-state index contributed by atoms with van der Waals surface area (Å²) in [6.07, 6.45) is 2.44. The normalized spacial score (nSPS) is 21.8. The third-order valence-corrected chi connectivity index (χ3v) is 16.3. The molecule has 0 spiro atoms. The highest BCUT2D eigenvalue weighted by Crippen LogP contribution is 2.54. The van der Waals surface area contributed by atoms with Crippen LogP contribution in [0.5, 0.6) is 0 Å². The van der Waals surface area contributed by atoms with Crippen molar-refractivity contribution in [2.75, 3.05) is 0 Å². The van der Waals surface area contributed by atoms with Gasteiger partial charge in [-0.3, -0.25) is 4.79 Å². The first-order chi connectivity index (χ1) is 12.0. The van der Waals surface area contributed by atoms with Crippen LogP contribution in [-0.2, 0) is 4.79 Å².